The highest BCUT2D eigenvalue weighted by Gasteiger charge is 2.42. The number of pyridine rings is 1. The first-order valence-corrected chi connectivity index (χ1v) is 6.77. The van der Waals surface area contributed by atoms with Crippen molar-refractivity contribution < 1.29 is 18.0 Å². The van der Waals surface area contributed by atoms with Crippen molar-refractivity contribution in [3.63, 3.8) is 0 Å². The maximum absolute atomic E-state index is 12.6. The van der Waals surface area contributed by atoms with Crippen molar-refractivity contribution in [3.8, 4) is 0 Å². The molecule has 108 valence electrons. The number of imidazole rings is 1. The molecule has 0 saturated heterocycles. The molecular formula is C13H12BrF3N2O. The topological polar surface area (TPSA) is 34.4 Å². The molecule has 0 atom stereocenters. The molecule has 0 fully saturated rings. The molecule has 2 aromatic rings. The molecule has 0 aliphatic carbocycles. The second-order valence-corrected chi connectivity index (χ2v) is 5.82. The van der Waals surface area contributed by atoms with Crippen LogP contribution in [0.4, 0.5) is 13.2 Å². The number of aromatic nitrogens is 2. The van der Waals surface area contributed by atoms with Gasteiger partial charge in [-0.3, -0.25) is 4.79 Å². The Bertz CT molecular complexity index is 661. The number of ketones is 1. The number of carbonyl (C=O) groups is 1. The third-order valence-electron chi connectivity index (χ3n) is 2.74. The number of halogens is 4. The van der Waals surface area contributed by atoms with Gasteiger partial charge in [0.2, 0.25) is 0 Å². The molecular weight excluding hydrogens is 337 g/mol. The minimum absolute atomic E-state index is 0.164. The third-order valence-corrected chi connectivity index (χ3v) is 3.24. The molecule has 0 aliphatic rings. The van der Waals surface area contributed by atoms with E-state index in [1.165, 1.54) is 10.5 Å². The molecule has 20 heavy (non-hydrogen) atoms. The molecule has 2 aromatic heterocycles. The Hall–Kier alpha value is -1.37. The molecule has 0 saturated carbocycles. The average Bonchev–Trinajstić information content (AvgIpc) is 2.64. The van der Waals surface area contributed by atoms with Crippen molar-refractivity contribution in [2.24, 2.45) is 5.92 Å². The summed E-state index contributed by atoms with van der Waals surface area (Å²) in [6.07, 6.45) is -2.82. The van der Waals surface area contributed by atoms with E-state index in [0.29, 0.717) is 16.7 Å². The first-order chi connectivity index (χ1) is 9.20. The number of fused-ring (bicyclic) bond motifs is 1. The molecule has 0 unspecified atom stereocenters. The second kappa shape index (κ2) is 5.20. The van der Waals surface area contributed by atoms with Crippen LogP contribution in [0.1, 0.15) is 30.2 Å². The van der Waals surface area contributed by atoms with E-state index in [2.05, 4.69) is 20.9 Å². The fourth-order valence-electron chi connectivity index (χ4n) is 1.93. The van der Waals surface area contributed by atoms with Crippen LogP contribution in [0.5, 0.6) is 0 Å². The highest BCUT2D eigenvalue weighted by Crippen LogP contribution is 2.26. The average molecular weight is 349 g/mol. The van der Waals surface area contributed by atoms with Gasteiger partial charge in [0.05, 0.1) is 5.52 Å². The minimum Gasteiger partial charge on any atom is -0.303 e. The first kappa shape index (κ1) is 15.0. The summed E-state index contributed by atoms with van der Waals surface area (Å²) in [7, 11) is 0. The largest absolute Gasteiger partial charge is 0.456 e. The lowest BCUT2D eigenvalue weighted by molar-refractivity contribution is -0.0887. The fourth-order valence-corrected chi connectivity index (χ4v) is 2.27. The zero-order valence-corrected chi connectivity index (χ0v) is 12.4. The summed E-state index contributed by atoms with van der Waals surface area (Å²) in [6.45, 7) is 3.87. The summed E-state index contributed by atoms with van der Waals surface area (Å²) in [4.78, 5) is 15.4. The smallest absolute Gasteiger partial charge is 0.303 e. The Morgan fingerprint density at radius 1 is 1.45 bits per heavy atom. The van der Waals surface area contributed by atoms with Gasteiger partial charge in [-0.05, 0) is 18.1 Å². The van der Waals surface area contributed by atoms with Gasteiger partial charge in [-0.25, -0.2) is 4.98 Å². The van der Waals surface area contributed by atoms with Gasteiger partial charge < -0.3 is 4.40 Å². The molecule has 0 aromatic carbocycles. The highest BCUT2D eigenvalue weighted by atomic mass is 79.9. The molecule has 0 spiro atoms. The molecule has 0 N–H and O–H groups in total. The van der Waals surface area contributed by atoms with Crippen molar-refractivity contribution in [2.75, 3.05) is 0 Å². The van der Waals surface area contributed by atoms with Crippen molar-refractivity contribution in [1.29, 1.82) is 0 Å². The normalized spacial score (nSPS) is 12.3. The molecule has 0 aliphatic heterocycles. The predicted molar refractivity (Wildman–Crippen MR) is 71.8 cm³/mol. The number of Topliss-reactive ketones (excluding diaryl/α,β-unsaturated/α-hetero) is 1. The van der Waals surface area contributed by atoms with Gasteiger partial charge >= 0.3 is 6.18 Å². The number of hydrogen-bond acceptors (Lipinski definition) is 2. The van der Waals surface area contributed by atoms with E-state index >= 15 is 0 Å². The van der Waals surface area contributed by atoms with Crippen LogP contribution in [-0.2, 0) is 6.42 Å². The molecule has 2 heterocycles. The van der Waals surface area contributed by atoms with Gasteiger partial charge in [0.1, 0.15) is 11.5 Å². The van der Waals surface area contributed by atoms with E-state index < -0.39 is 17.7 Å². The van der Waals surface area contributed by atoms with Gasteiger partial charge in [0, 0.05) is 17.1 Å². The summed E-state index contributed by atoms with van der Waals surface area (Å²) >= 11 is 3.19. The Balaban J connectivity index is 2.65. The summed E-state index contributed by atoms with van der Waals surface area (Å²) < 4.78 is 40.0. The molecule has 0 bridgehead atoms. The Kier molecular flexibility index (Phi) is 3.90. The van der Waals surface area contributed by atoms with E-state index in [-0.39, 0.29) is 11.4 Å². The summed E-state index contributed by atoms with van der Waals surface area (Å²) in [6, 6.07) is 3.16. The van der Waals surface area contributed by atoms with Crippen LogP contribution >= 0.6 is 15.9 Å². The van der Waals surface area contributed by atoms with E-state index in [4.69, 9.17) is 0 Å². The zero-order valence-electron chi connectivity index (χ0n) is 10.8. The molecule has 2 rings (SSSR count). The maximum Gasteiger partial charge on any atom is 0.456 e. The summed E-state index contributed by atoms with van der Waals surface area (Å²) in [5.41, 5.74) is -0.383. The molecule has 3 nitrogen and oxygen atoms in total. The SMILES string of the molecule is CC(C)Cc1nc(C(=O)C(F)(F)F)c2cc(Br)ccn12. The lowest BCUT2D eigenvalue weighted by Gasteiger charge is -2.04. The van der Waals surface area contributed by atoms with E-state index in [0.717, 1.165) is 0 Å². The number of alkyl halides is 3. The second-order valence-electron chi connectivity index (χ2n) is 4.90. The maximum atomic E-state index is 12.6. The van der Waals surface area contributed by atoms with Crippen LogP contribution in [0.2, 0.25) is 0 Å². The quantitative estimate of drug-likeness (QED) is 0.784. The summed E-state index contributed by atoms with van der Waals surface area (Å²) in [5, 5.41) is 0. The Morgan fingerprint density at radius 2 is 2.10 bits per heavy atom. The van der Waals surface area contributed by atoms with Crippen LogP contribution < -0.4 is 0 Å². The molecule has 0 radical (unpaired) electrons. The zero-order chi connectivity index (χ0) is 15.1. The molecule has 0 amide bonds. The highest BCUT2D eigenvalue weighted by molar-refractivity contribution is 9.10. The number of rotatable bonds is 3. The Labute approximate surface area is 121 Å². The third kappa shape index (κ3) is 2.87. The van der Waals surface area contributed by atoms with Crippen molar-refractivity contribution >= 4 is 27.2 Å². The fraction of sp³-hybridized carbons (Fsp3) is 0.385. The van der Waals surface area contributed by atoms with Crippen LogP contribution in [-0.4, -0.2) is 21.3 Å². The number of hydrogen-bond donors (Lipinski definition) is 0. The van der Waals surface area contributed by atoms with Crippen LogP contribution in [0.25, 0.3) is 5.52 Å². The van der Waals surface area contributed by atoms with E-state index in [1.54, 1.807) is 12.3 Å². The van der Waals surface area contributed by atoms with Crippen LogP contribution in [0.3, 0.4) is 0 Å². The monoisotopic (exact) mass is 348 g/mol. The van der Waals surface area contributed by atoms with E-state index in [1.807, 2.05) is 13.8 Å². The van der Waals surface area contributed by atoms with Crippen LogP contribution in [0.15, 0.2) is 22.8 Å². The summed E-state index contributed by atoms with van der Waals surface area (Å²) in [5.74, 6) is -1.24. The minimum atomic E-state index is -4.92. The van der Waals surface area contributed by atoms with E-state index in [9.17, 15) is 18.0 Å². The predicted octanol–water partition coefficient (Wildman–Crippen LogP) is 4.04. The van der Waals surface area contributed by atoms with Crippen molar-refractivity contribution in [3.05, 3.63) is 34.3 Å². The van der Waals surface area contributed by atoms with Gasteiger partial charge in [-0.1, -0.05) is 29.8 Å². The lowest BCUT2D eigenvalue weighted by atomic mass is 10.1. The van der Waals surface area contributed by atoms with Crippen molar-refractivity contribution in [2.45, 2.75) is 26.4 Å². The van der Waals surface area contributed by atoms with Gasteiger partial charge in [-0.15, -0.1) is 0 Å². The lowest BCUT2D eigenvalue weighted by Crippen LogP contribution is -2.23. The van der Waals surface area contributed by atoms with Crippen molar-refractivity contribution in [1.82, 2.24) is 9.38 Å². The number of nitrogens with zero attached hydrogens (tertiary/aromatic N) is 2. The molecule has 7 heteroatoms. The van der Waals surface area contributed by atoms with Gasteiger partial charge in [0.15, 0.2) is 0 Å². The van der Waals surface area contributed by atoms with Gasteiger partial charge in [0.25, 0.3) is 5.78 Å². The van der Waals surface area contributed by atoms with Gasteiger partial charge in [-0.2, -0.15) is 13.2 Å². The first-order valence-electron chi connectivity index (χ1n) is 5.98. The van der Waals surface area contributed by atoms with Crippen LogP contribution in [0, 0.1) is 5.92 Å². The Morgan fingerprint density at radius 3 is 2.65 bits per heavy atom. The number of carbonyl (C=O) groups excluding carboxylic acids is 1. The standard InChI is InChI=1S/C13H12BrF3N2O/c1-7(2)5-10-18-11(12(20)13(15,16)17)9-6-8(14)3-4-19(9)10/h3-4,6-7H,5H2,1-2H3.